The highest BCUT2D eigenvalue weighted by Crippen LogP contribution is 2.06. The van der Waals surface area contributed by atoms with Crippen molar-refractivity contribution in [1.82, 2.24) is 10.3 Å². The van der Waals surface area contributed by atoms with Crippen LogP contribution in [0.1, 0.15) is 82.5 Å². The van der Waals surface area contributed by atoms with Gasteiger partial charge in [-0.15, -0.1) is 0 Å². The minimum Gasteiger partial charge on any atom is -0.457 e. The van der Waals surface area contributed by atoms with Gasteiger partial charge in [0.2, 0.25) is 5.91 Å². The summed E-state index contributed by atoms with van der Waals surface area (Å²) in [6, 6.07) is 3.07. The first-order valence-electron chi connectivity index (χ1n) is 12.7. The SMILES string of the molecule is CCC=CCC=CCC=CCC=CCC=CCCCC(=O)NC(C)C(C)OC(=O)c1cccnc1. The lowest BCUT2D eigenvalue weighted by Crippen LogP contribution is -2.41. The van der Waals surface area contributed by atoms with Crippen LogP contribution in [-0.2, 0) is 9.53 Å². The Morgan fingerprint density at radius 1 is 0.914 bits per heavy atom. The molecule has 0 bridgehead atoms. The van der Waals surface area contributed by atoms with Gasteiger partial charge >= 0.3 is 5.97 Å². The number of rotatable bonds is 17. The number of allylic oxidation sites excluding steroid dienone is 10. The monoisotopic (exact) mass is 478 g/mol. The third-order valence-corrected chi connectivity index (χ3v) is 5.22. The molecule has 1 heterocycles. The Morgan fingerprint density at radius 3 is 2.03 bits per heavy atom. The molecule has 1 aromatic heterocycles. The lowest BCUT2D eigenvalue weighted by molar-refractivity contribution is -0.122. The lowest BCUT2D eigenvalue weighted by atomic mass is 10.1. The number of nitrogens with zero attached hydrogens (tertiary/aromatic N) is 1. The summed E-state index contributed by atoms with van der Waals surface area (Å²) in [4.78, 5) is 28.2. The van der Waals surface area contributed by atoms with E-state index in [4.69, 9.17) is 4.74 Å². The molecule has 2 atom stereocenters. The van der Waals surface area contributed by atoms with E-state index in [2.05, 4.69) is 78.0 Å². The van der Waals surface area contributed by atoms with Crippen molar-refractivity contribution >= 4 is 11.9 Å². The van der Waals surface area contributed by atoms with Crippen molar-refractivity contribution in [3.05, 3.63) is 90.9 Å². The highest BCUT2D eigenvalue weighted by molar-refractivity contribution is 5.89. The molecule has 0 aromatic carbocycles. The standard InChI is InChI=1S/C30H42N2O3/c1-4-5-6-7-8-9-10-11-12-13-14-15-16-17-18-19-20-23-29(33)32-26(2)27(3)35-30(34)28-22-21-24-31-25-28/h5-6,8-9,11-12,14-15,17-18,21-22,24-27H,4,7,10,13,16,19-20,23H2,1-3H3,(H,32,33). The van der Waals surface area contributed by atoms with Crippen LogP contribution in [0.25, 0.3) is 0 Å². The third-order valence-electron chi connectivity index (χ3n) is 5.22. The minimum absolute atomic E-state index is 0.0332. The topological polar surface area (TPSA) is 68.3 Å². The Balaban J connectivity index is 2.08. The predicted octanol–water partition coefficient (Wildman–Crippen LogP) is 7.05. The quantitative estimate of drug-likeness (QED) is 0.148. The molecule has 1 amide bonds. The Labute approximate surface area is 211 Å². The second-order valence-corrected chi connectivity index (χ2v) is 8.31. The summed E-state index contributed by atoms with van der Waals surface area (Å²) in [6.45, 7) is 5.76. The van der Waals surface area contributed by atoms with E-state index >= 15 is 0 Å². The fourth-order valence-corrected chi connectivity index (χ4v) is 3.01. The summed E-state index contributed by atoms with van der Waals surface area (Å²) in [5.41, 5.74) is 0.398. The first-order valence-corrected chi connectivity index (χ1v) is 12.7. The van der Waals surface area contributed by atoms with Gasteiger partial charge in [0, 0.05) is 18.8 Å². The highest BCUT2D eigenvalue weighted by Gasteiger charge is 2.19. The van der Waals surface area contributed by atoms with Crippen molar-refractivity contribution in [2.45, 2.75) is 84.3 Å². The summed E-state index contributed by atoms with van der Waals surface area (Å²) in [6.07, 6.45) is 31.4. The number of carbonyl (C=O) groups is 2. The molecule has 0 radical (unpaired) electrons. The van der Waals surface area contributed by atoms with Gasteiger partial charge in [-0.2, -0.15) is 0 Å². The van der Waals surface area contributed by atoms with Crippen LogP contribution in [0.2, 0.25) is 0 Å². The lowest BCUT2D eigenvalue weighted by Gasteiger charge is -2.21. The molecule has 0 spiro atoms. The molecule has 5 heteroatoms. The normalized spacial score (nSPS) is 13.9. The molecule has 0 saturated carbocycles. The molecule has 2 unspecified atom stereocenters. The molecule has 5 nitrogen and oxygen atoms in total. The Hall–Kier alpha value is -3.21. The molecule has 1 rings (SSSR count). The second kappa shape index (κ2) is 20.2. The zero-order valence-electron chi connectivity index (χ0n) is 21.6. The van der Waals surface area contributed by atoms with Gasteiger partial charge < -0.3 is 10.1 Å². The summed E-state index contributed by atoms with van der Waals surface area (Å²) >= 11 is 0. The van der Waals surface area contributed by atoms with E-state index in [9.17, 15) is 9.59 Å². The number of hydrogen-bond acceptors (Lipinski definition) is 4. The van der Waals surface area contributed by atoms with Crippen LogP contribution in [-0.4, -0.2) is 29.0 Å². The summed E-state index contributed by atoms with van der Waals surface area (Å²) in [7, 11) is 0. The number of pyridine rings is 1. The van der Waals surface area contributed by atoms with Crippen LogP contribution in [0.5, 0.6) is 0 Å². The summed E-state index contributed by atoms with van der Waals surface area (Å²) < 4.78 is 5.42. The van der Waals surface area contributed by atoms with Crippen molar-refractivity contribution in [3.8, 4) is 0 Å². The molecule has 0 fully saturated rings. The maximum Gasteiger partial charge on any atom is 0.340 e. The fraction of sp³-hybridized carbons (Fsp3) is 0.433. The van der Waals surface area contributed by atoms with Crippen LogP contribution in [0, 0.1) is 0 Å². The molecule has 190 valence electrons. The number of ether oxygens (including phenoxy) is 1. The fourth-order valence-electron chi connectivity index (χ4n) is 3.01. The Morgan fingerprint density at radius 2 is 1.49 bits per heavy atom. The molecule has 1 N–H and O–H groups in total. The van der Waals surface area contributed by atoms with Gasteiger partial charge in [-0.05, 0) is 70.9 Å². The van der Waals surface area contributed by atoms with Crippen LogP contribution < -0.4 is 5.32 Å². The van der Waals surface area contributed by atoms with Crippen molar-refractivity contribution in [1.29, 1.82) is 0 Å². The van der Waals surface area contributed by atoms with E-state index < -0.39 is 12.1 Å². The molecule has 0 aliphatic rings. The van der Waals surface area contributed by atoms with E-state index in [0.29, 0.717) is 12.0 Å². The molecule has 1 aromatic rings. The number of aromatic nitrogens is 1. The van der Waals surface area contributed by atoms with E-state index in [1.54, 1.807) is 25.3 Å². The van der Waals surface area contributed by atoms with Gasteiger partial charge in [0.25, 0.3) is 0 Å². The van der Waals surface area contributed by atoms with Crippen LogP contribution in [0.4, 0.5) is 0 Å². The molecule has 0 saturated heterocycles. The van der Waals surface area contributed by atoms with Crippen molar-refractivity contribution in [2.24, 2.45) is 0 Å². The smallest absolute Gasteiger partial charge is 0.340 e. The zero-order chi connectivity index (χ0) is 25.6. The van der Waals surface area contributed by atoms with Crippen molar-refractivity contribution in [3.63, 3.8) is 0 Å². The van der Waals surface area contributed by atoms with E-state index in [1.807, 2.05) is 6.92 Å². The third kappa shape index (κ3) is 16.1. The minimum atomic E-state index is -0.440. The molecular weight excluding hydrogens is 436 g/mol. The van der Waals surface area contributed by atoms with Crippen molar-refractivity contribution < 1.29 is 14.3 Å². The highest BCUT2D eigenvalue weighted by atomic mass is 16.5. The largest absolute Gasteiger partial charge is 0.457 e. The van der Waals surface area contributed by atoms with Crippen LogP contribution in [0.15, 0.2) is 85.3 Å². The average molecular weight is 479 g/mol. The Bertz CT molecular complexity index is 854. The number of nitrogens with one attached hydrogen (secondary N) is 1. The van der Waals surface area contributed by atoms with Crippen LogP contribution in [0.3, 0.4) is 0 Å². The number of hydrogen-bond donors (Lipinski definition) is 1. The maximum atomic E-state index is 12.2. The van der Waals surface area contributed by atoms with Crippen LogP contribution >= 0.6 is 0 Å². The Kier molecular flexibility index (Phi) is 17.2. The number of amides is 1. The molecule has 0 aliphatic carbocycles. The molecular formula is C30H42N2O3. The van der Waals surface area contributed by atoms with Crippen molar-refractivity contribution in [2.75, 3.05) is 0 Å². The van der Waals surface area contributed by atoms with Gasteiger partial charge in [-0.25, -0.2) is 4.79 Å². The van der Waals surface area contributed by atoms with E-state index in [1.165, 1.54) is 6.20 Å². The van der Waals surface area contributed by atoms with Gasteiger partial charge in [0.15, 0.2) is 0 Å². The maximum absolute atomic E-state index is 12.2. The first kappa shape index (κ1) is 29.8. The average Bonchev–Trinajstić information content (AvgIpc) is 2.86. The summed E-state index contributed by atoms with van der Waals surface area (Å²) in [5, 5.41) is 2.91. The number of unbranched alkanes of at least 4 members (excludes halogenated alkanes) is 1. The van der Waals surface area contributed by atoms with Gasteiger partial charge in [-0.1, -0.05) is 67.7 Å². The molecule has 35 heavy (non-hydrogen) atoms. The number of carbonyl (C=O) groups excluding carboxylic acids is 2. The second-order valence-electron chi connectivity index (χ2n) is 8.31. The number of esters is 1. The molecule has 0 aliphatic heterocycles. The van der Waals surface area contributed by atoms with Gasteiger partial charge in [0.1, 0.15) is 6.10 Å². The van der Waals surface area contributed by atoms with E-state index in [-0.39, 0.29) is 11.9 Å². The van der Waals surface area contributed by atoms with E-state index in [0.717, 1.165) is 44.9 Å². The van der Waals surface area contributed by atoms with Gasteiger partial charge in [-0.3, -0.25) is 9.78 Å². The first-order chi connectivity index (χ1) is 17.0. The summed E-state index contributed by atoms with van der Waals surface area (Å²) in [5.74, 6) is -0.473. The predicted molar refractivity (Wildman–Crippen MR) is 145 cm³/mol. The zero-order valence-corrected chi connectivity index (χ0v) is 21.6. The van der Waals surface area contributed by atoms with Gasteiger partial charge in [0.05, 0.1) is 11.6 Å².